The lowest BCUT2D eigenvalue weighted by atomic mass is 10.3. The minimum absolute atomic E-state index is 0.688. The molecule has 0 fully saturated rings. The highest BCUT2D eigenvalue weighted by molar-refractivity contribution is 9.10. The fourth-order valence-corrected chi connectivity index (χ4v) is 1.99. The molecule has 0 aliphatic rings. The Morgan fingerprint density at radius 3 is 3.00 bits per heavy atom. The average Bonchev–Trinajstić information content (AvgIpc) is 2.84. The van der Waals surface area contributed by atoms with Gasteiger partial charge in [0, 0.05) is 24.7 Å². The molecule has 0 saturated carbocycles. The maximum Gasteiger partial charge on any atom is 0.0969 e. The van der Waals surface area contributed by atoms with Crippen molar-refractivity contribution in [1.29, 1.82) is 0 Å². The number of hydrogen-bond acceptors (Lipinski definition) is 4. The van der Waals surface area contributed by atoms with E-state index in [0.29, 0.717) is 13.2 Å². The van der Waals surface area contributed by atoms with Gasteiger partial charge in [0.05, 0.1) is 24.2 Å². The molecule has 0 atom stereocenters. The van der Waals surface area contributed by atoms with Crippen LogP contribution >= 0.6 is 15.9 Å². The van der Waals surface area contributed by atoms with Crippen molar-refractivity contribution in [3.05, 3.63) is 40.6 Å². The lowest BCUT2D eigenvalue weighted by Crippen LogP contribution is -2.18. The monoisotopic (exact) mass is 310 g/mol. The summed E-state index contributed by atoms with van der Waals surface area (Å²) < 4.78 is 7.72. The van der Waals surface area contributed by atoms with Gasteiger partial charge in [-0.1, -0.05) is 17.3 Å². The molecule has 6 heteroatoms. The van der Waals surface area contributed by atoms with Crippen LogP contribution < -0.4 is 5.32 Å². The van der Waals surface area contributed by atoms with Crippen LogP contribution in [-0.2, 0) is 11.3 Å². The Balaban J connectivity index is 2.00. The van der Waals surface area contributed by atoms with Gasteiger partial charge in [0.1, 0.15) is 0 Å². The van der Waals surface area contributed by atoms with Crippen molar-refractivity contribution in [3.63, 3.8) is 0 Å². The van der Waals surface area contributed by atoms with Crippen molar-refractivity contribution in [2.75, 3.05) is 20.3 Å². The van der Waals surface area contributed by atoms with Gasteiger partial charge in [-0.15, -0.1) is 5.10 Å². The second-order valence-electron chi connectivity index (χ2n) is 3.78. The maximum atomic E-state index is 4.96. The molecule has 0 unspecified atom stereocenters. The van der Waals surface area contributed by atoms with E-state index in [2.05, 4.69) is 31.6 Å². The Hall–Kier alpha value is -1.24. The van der Waals surface area contributed by atoms with Gasteiger partial charge >= 0.3 is 0 Å². The second kappa shape index (κ2) is 6.63. The molecular formula is C12H15BrN4O. The van der Waals surface area contributed by atoms with Gasteiger partial charge < -0.3 is 10.1 Å². The Bertz CT molecular complexity index is 500. The van der Waals surface area contributed by atoms with Crippen LogP contribution in [-0.4, -0.2) is 35.3 Å². The number of benzene rings is 1. The third-order valence-corrected chi connectivity index (χ3v) is 3.10. The molecule has 96 valence electrons. The normalized spacial score (nSPS) is 10.8. The SMILES string of the molecule is COCCNCc1cn(-c2ccccc2Br)nn1. The molecule has 0 aliphatic heterocycles. The zero-order valence-corrected chi connectivity index (χ0v) is 11.7. The van der Waals surface area contributed by atoms with Gasteiger partial charge in [0.2, 0.25) is 0 Å². The van der Waals surface area contributed by atoms with Crippen molar-refractivity contribution in [3.8, 4) is 5.69 Å². The van der Waals surface area contributed by atoms with Gasteiger partial charge in [-0.25, -0.2) is 4.68 Å². The highest BCUT2D eigenvalue weighted by Crippen LogP contribution is 2.19. The first kappa shape index (κ1) is 13.2. The lowest BCUT2D eigenvalue weighted by Gasteiger charge is -2.02. The summed E-state index contributed by atoms with van der Waals surface area (Å²) in [5.74, 6) is 0. The Kier molecular flexibility index (Phi) is 4.86. The number of hydrogen-bond donors (Lipinski definition) is 1. The van der Waals surface area contributed by atoms with Crippen LogP contribution in [0.15, 0.2) is 34.9 Å². The van der Waals surface area contributed by atoms with Crippen molar-refractivity contribution >= 4 is 15.9 Å². The summed E-state index contributed by atoms with van der Waals surface area (Å²) >= 11 is 3.49. The molecule has 1 aromatic heterocycles. The van der Waals surface area contributed by atoms with Crippen LogP contribution in [0.5, 0.6) is 0 Å². The minimum Gasteiger partial charge on any atom is -0.383 e. The van der Waals surface area contributed by atoms with Crippen LogP contribution in [0.25, 0.3) is 5.69 Å². The predicted octanol–water partition coefficient (Wildman–Crippen LogP) is 1.77. The number of ether oxygens (including phenoxy) is 1. The molecule has 0 amide bonds. The first-order chi connectivity index (χ1) is 8.81. The molecule has 0 bridgehead atoms. The van der Waals surface area contributed by atoms with Crippen LogP contribution in [0.2, 0.25) is 0 Å². The molecule has 5 nitrogen and oxygen atoms in total. The van der Waals surface area contributed by atoms with E-state index in [1.165, 1.54) is 0 Å². The smallest absolute Gasteiger partial charge is 0.0969 e. The first-order valence-electron chi connectivity index (χ1n) is 5.67. The average molecular weight is 311 g/mol. The van der Waals surface area contributed by atoms with E-state index in [9.17, 15) is 0 Å². The molecule has 0 aliphatic carbocycles. The topological polar surface area (TPSA) is 52.0 Å². The van der Waals surface area contributed by atoms with Gasteiger partial charge in [-0.2, -0.15) is 0 Å². The summed E-state index contributed by atoms with van der Waals surface area (Å²) in [5.41, 5.74) is 1.88. The summed E-state index contributed by atoms with van der Waals surface area (Å²) in [5, 5.41) is 11.5. The number of nitrogens with zero attached hydrogens (tertiary/aromatic N) is 3. The van der Waals surface area contributed by atoms with E-state index < -0.39 is 0 Å². The first-order valence-corrected chi connectivity index (χ1v) is 6.46. The zero-order chi connectivity index (χ0) is 12.8. The van der Waals surface area contributed by atoms with Gasteiger partial charge in [0.15, 0.2) is 0 Å². The lowest BCUT2D eigenvalue weighted by molar-refractivity contribution is 0.199. The number of rotatable bonds is 6. The highest BCUT2D eigenvalue weighted by atomic mass is 79.9. The van der Waals surface area contributed by atoms with E-state index in [-0.39, 0.29) is 0 Å². The number of aromatic nitrogens is 3. The summed E-state index contributed by atoms with van der Waals surface area (Å²) in [4.78, 5) is 0. The number of para-hydroxylation sites is 1. The largest absolute Gasteiger partial charge is 0.383 e. The van der Waals surface area contributed by atoms with Crippen molar-refractivity contribution in [1.82, 2.24) is 20.3 Å². The third-order valence-electron chi connectivity index (χ3n) is 2.43. The van der Waals surface area contributed by atoms with Crippen LogP contribution in [0, 0.1) is 0 Å². The third kappa shape index (κ3) is 3.38. The van der Waals surface area contributed by atoms with Crippen molar-refractivity contribution in [2.45, 2.75) is 6.54 Å². The molecule has 0 spiro atoms. The summed E-state index contributed by atoms with van der Waals surface area (Å²) in [7, 11) is 1.69. The van der Waals surface area contributed by atoms with Crippen LogP contribution in [0.3, 0.4) is 0 Å². The number of halogens is 1. The highest BCUT2D eigenvalue weighted by Gasteiger charge is 2.05. The Morgan fingerprint density at radius 2 is 2.22 bits per heavy atom. The quantitative estimate of drug-likeness (QED) is 0.826. The fourth-order valence-electron chi connectivity index (χ4n) is 1.53. The van der Waals surface area contributed by atoms with Crippen molar-refractivity contribution < 1.29 is 4.74 Å². The summed E-state index contributed by atoms with van der Waals surface area (Å²) in [6.07, 6.45) is 1.92. The van der Waals surface area contributed by atoms with E-state index in [0.717, 1.165) is 22.4 Å². The van der Waals surface area contributed by atoms with Gasteiger partial charge in [0.25, 0.3) is 0 Å². The molecule has 18 heavy (non-hydrogen) atoms. The number of nitrogens with one attached hydrogen (secondary N) is 1. The molecule has 0 saturated heterocycles. The van der Waals surface area contributed by atoms with Crippen LogP contribution in [0.1, 0.15) is 5.69 Å². The molecule has 2 rings (SSSR count). The zero-order valence-electron chi connectivity index (χ0n) is 10.1. The Morgan fingerprint density at radius 1 is 1.39 bits per heavy atom. The molecule has 0 radical (unpaired) electrons. The van der Waals surface area contributed by atoms with Gasteiger partial charge in [-0.05, 0) is 28.1 Å². The summed E-state index contributed by atoms with van der Waals surface area (Å²) in [6.45, 7) is 2.19. The maximum absolute atomic E-state index is 4.96. The standard InChI is InChI=1S/C12H15BrN4O/c1-18-7-6-14-8-10-9-17(16-15-10)12-5-3-2-4-11(12)13/h2-5,9,14H,6-8H2,1H3. The molecule has 2 aromatic rings. The van der Waals surface area contributed by atoms with E-state index in [1.807, 2.05) is 30.5 Å². The fraction of sp³-hybridized carbons (Fsp3) is 0.333. The molecule has 1 N–H and O–H groups in total. The number of methoxy groups -OCH3 is 1. The van der Waals surface area contributed by atoms with Crippen molar-refractivity contribution in [2.24, 2.45) is 0 Å². The van der Waals surface area contributed by atoms with E-state index in [1.54, 1.807) is 11.8 Å². The van der Waals surface area contributed by atoms with E-state index >= 15 is 0 Å². The minimum atomic E-state index is 0.688. The molecule has 1 heterocycles. The second-order valence-corrected chi connectivity index (χ2v) is 4.63. The van der Waals surface area contributed by atoms with Crippen LogP contribution in [0.4, 0.5) is 0 Å². The van der Waals surface area contributed by atoms with Gasteiger partial charge in [-0.3, -0.25) is 0 Å². The van der Waals surface area contributed by atoms with E-state index in [4.69, 9.17) is 4.74 Å². The molecular weight excluding hydrogens is 296 g/mol. The molecule has 1 aromatic carbocycles. The Labute approximate surface area is 114 Å². The summed E-state index contributed by atoms with van der Waals surface area (Å²) in [6, 6.07) is 7.91. The predicted molar refractivity (Wildman–Crippen MR) is 72.6 cm³/mol.